The van der Waals surface area contributed by atoms with E-state index in [1.807, 2.05) is 13.8 Å². The van der Waals surface area contributed by atoms with Crippen molar-refractivity contribution in [3.63, 3.8) is 0 Å². The largest absolute Gasteiger partial charge is 0.377 e. The summed E-state index contributed by atoms with van der Waals surface area (Å²) < 4.78 is 5.72. The van der Waals surface area contributed by atoms with Crippen molar-refractivity contribution in [3.8, 4) is 0 Å². The van der Waals surface area contributed by atoms with Crippen molar-refractivity contribution in [1.82, 2.24) is 5.32 Å². The maximum absolute atomic E-state index is 12.5. The fourth-order valence-corrected chi connectivity index (χ4v) is 3.48. The molecule has 4 atom stereocenters. The number of nitrogens with one attached hydrogen (secondary N) is 1. The van der Waals surface area contributed by atoms with E-state index in [0.717, 1.165) is 13.0 Å². The van der Waals surface area contributed by atoms with Crippen LogP contribution in [0.2, 0.25) is 0 Å². The van der Waals surface area contributed by atoms with Crippen LogP contribution < -0.4 is 11.1 Å². The Balaban J connectivity index is 2.02. The van der Waals surface area contributed by atoms with Gasteiger partial charge in [-0.25, -0.2) is 0 Å². The lowest BCUT2D eigenvalue weighted by Crippen LogP contribution is -2.80. The van der Waals surface area contributed by atoms with E-state index >= 15 is 0 Å². The van der Waals surface area contributed by atoms with Gasteiger partial charge in [-0.1, -0.05) is 34.6 Å². The highest BCUT2D eigenvalue weighted by Gasteiger charge is 2.71. The molecule has 1 heterocycles. The molecule has 2 aliphatic rings. The van der Waals surface area contributed by atoms with Crippen LogP contribution in [0, 0.1) is 23.2 Å². The second-order valence-corrected chi connectivity index (χ2v) is 7.21. The van der Waals surface area contributed by atoms with Crippen LogP contribution in [0.5, 0.6) is 0 Å². The number of carbonyl (C=O) groups is 1. The van der Waals surface area contributed by atoms with Gasteiger partial charge in [0, 0.05) is 24.5 Å². The molecule has 1 saturated heterocycles. The van der Waals surface area contributed by atoms with Gasteiger partial charge in [-0.2, -0.15) is 0 Å². The second-order valence-electron chi connectivity index (χ2n) is 7.21. The van der Waals surface area contributed by atoms with E-state index in [1.165, 1.54) is 0 Å². The van der Waals surface area contributed by atoms with Gasteiger partial charge < -0.3 is 15.8 Å². The molecule has 1 aliphatic heterocycles. The van der Waals surface area contributed by atoms with Crippen LogP contribution in [0.3, 0.4) is 0 Å². The van der Waals surface area contributed by atoms with E-state index in [-0.39, 0.29) is 23.3 Å². The monoisotopic (exact) mass is 268 g/mol. The summed E-state index contributed by atoms with van der Waals surface area (Å²) in [5.41, 5.74) is 5.43. The van der Waals surface area contributed by atoms with E-state index in [1.54, 1.807) is 0 Å². The molecule has 1 aliphatic carbocycles. The third-order valence-electron chi connectivity index (χ3n) is 5.55. The Bertz CT molecular complexity index is 367. The van der Waals surface area contributed by atoms with E-state index in [4.69, 9.17) is 10.5 Å². The Hall–Kier alpha value is -0.610. The minimum absolute atomic E-state index is 0.00301. The highest BCUT2D eigenvalue weighted by Crippen LogP contribution is 2.58. The molecule has 0 spiro atoms. The molecule has 1 saturated carbocycles. The predicted molar refractivity (Wildman–Crippen MR) is 75.6 cm³/mol. The minimum Gasteiger partial charge on any atom is -0.377 e. The van der Waals surface area contributed by atoms with Crippen LogP contribution in [0.1, 0.15) is 41.0 Å². The molecular formula is C15H28N2O2. The number of hydrogen-bond acceptors (Lipinski definition) is 3. The first-order valence-corrected chi connectivity index (χ1v) is 7.41. The summed E-state index contributed by atoms with van der Waals surface area (Å²) in [5.74, 6) is 1.20. The first-order valence-electron chi connectivity index (χ1n) is 7.41. The van der Waals surface area contributed by atoms with Crippen molar-refractivity contribution in [2.24, 2.45) is 28.9 Å². The molecule has 4 heteroatoms. The zero-order valence-electron chi connectivity index (χ0n) is 12.8. The van der Waals surface area contributed by atoms with Crippen molar-refractivity contribution in [2.75, 3.05) is 13.2 Å². The molecule has 3 N–H and O–H groups in total. The zero-order valence-corrected chi connectivity index (χ0v) is 12.8. The Morgan fingerprint density at radius 2 is 2.05 bits per heavy atom. The fourth-order valence-electron chi connectivity index (χ4n) is 3.48. The first-order chi connectivity index (χ1) is 8.73. The average Bonchev–Trinajstić information content (AvgIpc) is 2.82. The summed E-state index contributed by atoms with van der Waals surface area (Å²) in [5, 5.41) is 3.05. The summed E-state index contributed by atoms with van der Waals surface area (Å²) in [4.78, 5) is 12.5. The highest BCUT2D eigenvalue weighted by atomic mass is 16.5. The van der Waals surface area contributed by atoms with Crippen LogP contribution in [0.25, 0.3) is 0 Å². The third kappa shape index (κ3) is 2.00. The van der Waals surface area contributed by atoms with Crippen molar-refractivity contribution < 1.29 is 9.53 Å². The molecule has 4 nitrogen and oxygen atoms in total. The third-order valence-corrected chi connectivity index (χ3v) is 5.55. The Morgan fingerprint density at radius 1 is 1.42 bits per heavy atom. The second kappa shape index (κ2) is 4.74. The van der Waals surface area contributed by atoms with Crippen molar-refractivity contribution in [1.29, 1.82) is 0 Å². The van der Waals surface area contributed by atoms with Crippen molar-refractivity contribution in [3.05, 3.63) is 0 Å². The van der Waals surface area contributed by atoms with Gasteiger partial charge in [0.15, 0.2) is 0 Å². The highest BCUT2D eigenvalue weighted by molar-refractivity contribution is 5.89. The number of amides is 1. The number of hydrogen-bond donors (Lipinski definition) is 2. The predicted octanol–water partition coefficient (Wildman–Crippen LogP) is 1.54. The number of carbonyl (C=O) groups excluding carboxylic acids is 1. The lowest BCUT2D eigenvalue weighted by Gasteiger charge is -2.60. The lowest BCUT2D eigenvalue weighted by molar-refractivity contribution is -0.175. The summed E-state index contributed by atoms with van der Waals surface area (Å²) in [6.45, 7) is 12.0. The molecule has 2 rings (SSSR count). The smallest absolute Gasteiger partial charge is 0.241 e. The molecule has 1 amide bonds. The number of ether oxygens (including phenoxy) is 1. The normalized spacial score (nSPS) is 37.6. The van der Waals surface area contributed by atoms with Crippen LogP contribution in [-0.2, 0) is 9.53 Å². The summed E-state index contributed by atoms with van der Waals surface area (Å²) in [6.07, 6.45) is 1.04. The molecule has 4 unspecified atom stereocenters. The SMILES string of the molecule is CC(C)C(C)CNC(=O)C1(N)C2CCOC2C1(C)C. The quantitative estimate of drug-likeness (QED) is 0.813. The Kier molecular flexibility index (Phi) is 3.69. The molecule has 0 bridgehead atoms. The van der Waals surface area contributed by atoms with Gasteiger partial charge in [-0.05, 0) is 18.3 Å². The number of rotatable bonds is 4. The van der Waals surface area contributed by atoms with E-state index in [2.05, 4.69) is 26.1 Å². The molecule has 0 radical (unpaired) electrons. The maximum Gasteiger partial charge on any atom is 0.241 e. The molecule has 0 aromatic carbocycles. The van der Waals surface area contributed by atoms with Gasteiger partial charge in [0.1, 0.15) is 5.54 Å². The molecular weight excluding hydrogens is 240 g/mol. The lowest BCUT2D eigenvalue weighted by atomic mass is 9.48. The summed E-state index contributed by atoms with van der Waals surface area (Å²) in [7, 11) is 0. The standard InChI is InChI=1S/C15H28N2O2/c1-9(2)10(3)8-17-13(18)15(16)11-6-7-19-12(11)14(15,4)5/h9-12H,6-8,16H2,1-5H3,(H,17,18). The summed E-state index contributed by atoms with van der Waals surface area (Å²) in [6, 6.07) is 0. The topological polar surface area (TPSA) is 64.4 Å². The van der Waals surface area contributed by atoms with Crippen LogP contribution in [0.15, 0.2) is 0 Å². The van der Waals surface area contributed by atoms with Crippen LogP contribution in [0.4, 0.5) is 0 Å². The molecule has 110 valence electrons. The Labute approximate surface area is 116 Å². The zero-order chi connectivity index (χ0) is 14.4. The number of fused-ring (bicyclic) bond motifs is 1. The average molecular weight is 268 g/mol. The summed E-state index contributed by atoms with van der Waals surface area (Å²) >= 11 is 0. The van der Waals surface area contributed by atoms with E-state index in [0.29, 0.717) is 18.4 Å². The maximum atomic E-state index is 12.5. The fraction of sp³-hybridized carbons (Fsp3) is 0.933. The van der Waals surface area contributed by atoms with E-state index in [9.17, 15) is 4.79 Å². The van der Waals surface area contributed by atoms with Gasteiger partial charge in [0.05, 0.1) is 6.10 Å². The molecule has 19 heavy (non-hydrogen) atoms. The van der Waals surface area contributed by atoms with Gasteiger partial charge >= 0.3 is 0 Å². The molecule has 0 aromatic rings. The Morgan fingerprint density at radius 3 is 2.63 bits per heavy atom. The van der Waals surface area contributed by atoms with Gasteiger partial charge in [0.25, 0.3) is 0 Å². The first kappa shape index (κ1) is 14.8. The van der Waals surface area contributed by atoms with Crippen molar-refractivity contribution in [2.45, 2.75) is 52.7 Å². The van der Waals surface area contributed by atoms with Gasteiger partial charge in [-0.3, -0.25) is 4.79 Å². The minimum atomic E-state index is -0.773. The van der Waals surface area contributed by atoms with Gasteiger partial charge in [0.2, 0.25) is 5.91 Å². The molecule has 2 fully saturated rings. The molecule has 0 aromatic heterocycles. The van der Waals surface area contributed by atoms with Crippen LogP contribution in [-0.4, -0.2) is 30.7 Å². The van der Waals surface area contributed by atoms with Crippen molar-refractivity contribution >= 4 is 5.91 Å². The number of nitrogens with two attached hydrogens (primary N) is 1. The van der Waals surface area contributed by atoms with E-state index < -0.39 is 5.54 Å². The van der Waals surface area contributed by atoms with Gasteiger partial charge in [-0.15, -0.1) is 0 Å². The van der Waals surface area contributed by atoms with Crippen LogP contribution >= 0.6 is 0 Å².